The molecule has 0 saturated heterocycles. The van der Waals surface area contributed by atoms with Crippen LogP contribution >= 0.6 is 15.9 Å². The molecule has 0 aliphatic heterocycles. The van der Waals surface area contributed by atoms with Crippen molar-refractivity contribution in [1.82, 2.24) is 0 Å². The van der Waals surface area contributed by atoms with Crippen molar-refractivity contribution >= 4 is 15.9 Å². The maximum atomic E-state index is 13.3. The third-order valence-corrected chi connectivity index (χ3v) is 4.72. The highest BCUT2D eigenvalue weighted by Gasteiger charge is 2.21. The largest absolute Gasteiger partial charge is 0.207 e. The summed E-state index contributed by atoms with van der Waals surface area (Å²) in [6, 6.07) is 3.29. The van der Waals surface area contributed by atoms with Crippen LogP contribution in [0.15, 0.2) is 12.1 Å². The average molecular weight is 299 g/mol. The van der Waals surface area contributed by atoms with Gasteiger partial charge in [0.1, 0.15) is 5.82 Å². The third-order valence-electron chi connectivity index (χ3n) is 3.89. The Labute approximate surface area is 112 Å². The van der Waals surface area contributed by atoms with Gasteiger partial charge in [0, 0.05) is 4.83 Å². The van der Waals surface area contributed by atoms with Gasteiger partial charge in [0.2, 0.25) is 0 Å². The molecule has 0 nitrogen and oxygen atoms in total. The van der Waals surface area contributed by atoms with Crippen molar-refractivity contribution < 1.29 is 4.39 Å². The number of aryl methyl sites for hydroxylation is 2. The lowest BCUT2D eigenvalue weighted by Crippen LogP contribution is -2.03. The molecule has 0 N–H and O–H groups in total. The molecule has 1 aromatic rings. The van der Waals surface area contributed by atoms with Crippen LogP contribution in [0.4, 0.5) is 4.39 Å². The Balaban J connectivity index is 2.15. The molecule has 1 unspecified atom stereocenters. The molecular weight excluding hydrogens is 279 g/mol. The van der Waals surface area contributed by atoms with E-state index in [1.54, 1.807) is 12.1 Å². The van der Waals surface area contributed by atoms with Crippen molar-refractivity contribution in [2.75, 3.05) is 0 Å². The molecule has 94 valence electrons. The van der Waals surface area contributed by atoms with Gasteiger partial charge in [-0.1, -0.05) is 41.6 Å². The number of hydrogen-bond donors (Lipinski definition) is 0. The van der Waals surface area contributed by atoms with E-state index < -0.39 is 0 Å². The monoisotopic (exact) mass is 298 g/mol. The van der Waals surface area contributed by atoms with E-state index in [1.807, 2.05) is 13.8 Å². The van der Waals surface area contributed by atoms with E-state index in [4.69, 9.17) is 0 Å². The van der Waals surface area contributed by atoms with E-state index in [1.165, 1.54) is 37.7 Å². The van der Waals surface area contributed by atoms with Crippen LogP contribution in [0.3, 0.4) is 0 Å². The van der Waals surface area contributed by atoms with Crippen molar-refractivity contribution in [1.29, 1.82) is 0 Å². The molecule has 0 spiro atoms. The molecule has 0 radical (unpaired) electrons. The molecule has 1 aromatic carbocycles. The fourth-order valence-corrected chi connectivity index (χ4v) is 4.32. The summed E-state index contributed by atoms with van der Waals surface area (Å²) in [4.78, 5) is 0.381. The van der Waals surface area contributed by atoms with Crippen LogP contribution in [-0.4, -0.2) is 0 Å². The second-order valence-corrected chi connectivity index (χ2v) is 6.41. The summed E-state index contributed by atoms with van der Waals surface area (Å²) >= 11 is 3.80. The smallest absolute Gasteiger partial charge is 0.123 e. The number of rotatable bonds is 3. The van der Waals surface area contributed by atoms with Gasteiger partial charge in [0.05, 0.1) is 0 Å². The first-order chi connectivity index (χ1) is 8.08. The first-order valence-electron chi connectivity index (χ1n) is 6.48. The van der Waals surface area contributed by atoms with Gasteiger partial charge in [-0.2, -0.15) is 0 Å². The van der Waals surface area contributed by atoms with Gasteiger partial charge in [-0.05, 0) is 55.0 Å². The standard InChI is InChI=1S/C15H20BrF/c1-10-7-13(17)8-11(2)15(10)14(16)9-12-5-3-4-6-12/h7-8,12,14H,3-6,9H2,1-2H3. The Kier molecular flexibility index (Phi) is 4.24. The molecule has 17 heavy (non-hydrogen) atoms. The van der Waals surface area contributed by atoms with Crippen LogP contribution < -0.4 is 0 Å². The van der Waals surface area contributed by atoms with E-state index in [2.05, 4.69) is 15.9 Å². The molecule has 0 amide bonds. The van der Waals surface area contributed by atoms with E-state index in [-0.39, 0.29) is 5.82 Å². The van der Waals surface area contributed by atoms with E-state index in [0.717, 1.165) is 17.0 Å². The number of alkyl halides is 1. The van der Waals surface area contributed by atoms with Gasteiger partial charge in [0.15, 0.2) is 0 Å². The highest BCUT2D eigenvalue weighted by molar-refractivity contribution is 9.09. The molecule has 2 rings (SSSR count). The Hall–Kier alpha value is -0.370. The maximum Gasteiger partial charge on any atom is 0.123 e. The van der Waals surface area contributed by atoms with Crippen LogP contribution in [-0.2, 0) is 0 Å². The third kappa shape index (κ3) is 3.09. The van der Waals surface area contributed by atoms with Crippen molar-refractivity contribution in [2.45, 2.75) is 50.8 Å². The van der Waals surface area contributed by atoms with E-state index >= 15 is 0 Å². The number of halogens is 2. The van der Waals surface area contributed by atoms with Crippen LogP contribution in [0.2, 0.25) is 0 Å². The fourth-order valence-electron chi connectivity index (χ4n) is 3.07. The molecule has 1 atom stereocenters. The van der Waals surface area contributed by atoms with Gasteiger partial charge >= 0.3 is 0 Å². The highest BCUT2D eigenvalue weighted by Crippen LogP contribution is 2.39. The highest BCUT2D eigenvalue weighted by atomic mass is 79.9. The first kappa shape index (κ1) is 13.1. The quantitative estimate of drug-likeness (QED) is 0.650. The van der Waals surface area contributed by atoms with Crippen LogP contribution in [0, 0.1) is 25.6 Å². The molecule has 1 saturated carbocycles. The topological polar surface area (TPSA) is 0 Å². The molecule has 1 aliphatic rings. The first-order valence-corrected chi connectivity index (χ1v) is 7.40. The van der Waals surface area contributed by atoms with E-state index in [0.29, 0.717) is 4.83 Å². The molecule has 2 heteroatoms. The molecule has 0 heterocycles. The van der Waals surface area contributed by atoms with Crippen LogP contribution in [0.1, 0.15) is 53.6 Å². The zero-order valence-corrected chi connectivity index (χ0v) is 12.2. The predicted octanol–water partition coefficient (Wildman–Crippen LogP) is 5.46. The minimum atomic E-state index is -0.121. The normalized spacial score (nSPS) is 18.6. The zero-order chi connectivity index (χ0) is 12.4. The Morgan fingerprint density at radius 3 is 2.29 bits per heavy atom. The number of hydrogen-bond acceptors (Lipinski definition) is 0. The minimum Gasteiger partial charge on any atom is -0.207 e. The van der Waals surface area contributed by atoms with Crippen molar-refractivity contribution in [3.63, 3.8) is 0 Å². The Bertz CT molecular complexity index is 371. The second-order valence-electron chi connectivity index (χ2n) is 5.31. The Morgan fingerprint density at radius 1 is 1.24 bits per heavy atom. The number of benzene rings is 1. The average Bonchev–Trinajstić information content (AvgIpc) is 2.68. The summed E-state index contributed by atoms with van der Waals surface area (Å²) in [6.07, 6.45) is 6.67. The van der Waals surface area contributed by atoms with Gasteiger partial charge in [0.25, 0.3) is 0 Å². The van der Waals surface area contributed by atoms with Crippen LogP contribution in [0.25, 0.3) is 0 Å². The minimum absolute atomic E-state index is 0.121. The lowest BCUT2D eigenvalue weighted by molar-refractivity contribution is 0.500. The van der Waals surface area contributed by atoms with Gasteiger partial charge in [-0.25, -0.2) is 4.39 Å². The second kappa shape index (κ2) is 5.51. The summed E-state index contributed by atoms with van der Waals surface area (Å²) in [5.41, 5.74) is 3.43. The van der Waals surface area contributed by atoms with Crippen molar-refractivity contribution in [3.05, 3.63) is 34.6 Å². The zero-order valence-electron chi connectivity index (χ0n) is 10.6. The van der Waals surface area contributed by atoms with E-state index in [9.17, 15) is 4.39 Å². The van der Waals surface area contributed by atoms with Crippen molar-refractivity contribution in [3.8, 4) is 0 Å². The summed E-state index contributed by atoms with van der Waals surface area (Å²) in [5.74, 6) is 0.729. The molecule has 0 bridgehead atoms. The predicted molar refractivity (Wildman–Crippen MR) is 74.1 cm³/mol. The molecule has 0 aromatic heterocycles. The van der Waals surface area contributed by atoms with Gasteiger partial charge < -0.3 is 0 Å². The fraction of sp³-hybridized carbons (Fsp3) is 0.600. The summed E-state index contributed by atoms with van der Waals surface area (Å²) in [5, 5.41) is 0. The van der Waals surface area contributed by atoms with Gasteiger partial charge in [-0.3, -0.25) is 0 Å². The van der Waals surface area contributed by atoms with Crippen LogP contribution in [0.5, 0.6) is 0 Å². The molecule has 1 fully saturated rings. The molecular formula is C15H20BrF. The SMILES string of the molecule is Cc1cc(F)cc(C)c1C(Br)CC1CCCC1. The van der Waals surface area contributed by atoms with Gasteiger partial charge in [-0.15, -0.1) is 0 Å². The summed E-state index contributed by atoms with van der Waals surface area (Å²) in [6.45, 7) is 4.02. The summed E-state index contributed by atoms with van der Waals surface area (Å²) < 4.78 is 13.3. The lowest BCUT2D eigenvalue weighted by atomic mass is 9.93. The molecule has 1 aliphatic carbocycles. The summed E-state index contributed by atoms with van der Waals surface area (Å²) in [7, 11) is 0. The lowest BCUT2D eigenvalue weighted by Gasteiger charge is -2.19. The maximum absolute atomic E-state index is 13.3. The van der Waals surface area contributed by atoms with Crippen molar-refractivity contribution in [2.24, 2.45) is 5.92 Å². The Morgan fingerprint density at radius 2 is 1.76 bits per heavy atom.